The van der Waals surface area contributed by atoms with Crippen LogP contribution in [-0.2, 0) is 27.7 Å². The first-order valence-electron chi connectivity index (χ1n) is 6.40. The molecule has 0 spiro atoms. The zero-order valence-electron chi connectivity index (χ0n) is 11.6. The summed E-state index contributed by atoms with van der Waals surface area (Å²) in [6, 6.07) is 0. The molecule has 0 fully saturated rings. The van der Waals surface area contributed by atoms with Crippen LogP contribution in [0, 0.1) is 0 Å². The molecule has 0 aliphatic carbocycles. The maximum atomic E-state index is 12.1. The van der Waals surface area contributed by atoms with E-state index >= 15 is 0 Å². The van der Waals surface area contributed by atoms with Crippen LogP contribution in [0.4, 0.5) is 0 Å². The second-order valence-corrected chi connectivity index (χ2v) is 5.34. The van der Waals surface area contributed by atoms with E-state index in [0.717, 1.165) is 18.9 Å². The van der Waals surface area contributed by atoms with Crippen molar-refractivity contribution < 1.29 is 27.7 Å². The smallest absolute Gasteiger partial charge is 0.462 e. The van der Waals surface area contributed by atoms with Crippen molar-refractivity contribution in [3.05, 3.63) is 12.7 Å². The molecule has 0 aromatic carbocycles. The molecule has 0 N–H and O–H groups in total. The van der Waals surface area contributed by atoms with Crippen LogP contribution >= 0.6 is 7.82 Å². The normalized spacial score (nSPS) is 11.3. The molecule has 0 unspecified atom stereocenters. The van der Waals surface area contributed by atoms with E-state index in [4.69, 9.17) is 18.3 Å². The molecule has 7 heteroatoms. The molecule has 6 nitrogen and oxygen atoms in total. The van der Waals surface area contributed by atoms with Gasteiger partial charge in [0.25, 0.3) is 0 Å². The fraction of sp³-hybridized carbons (Fsp3) is 0.750. The molecule has 0 aliphatic rings. The van der Waals surface area contributed by atoms with Crippen molar-refractivity contribution in [1.29, 1.82) is 0 Å². The highest BCUT2D eigenvalue weighted by molar-refractivity contribution is 7.48. The van der Waals surface area contributed by atoms with E-state index in [1.165, 1.54) is 0 Å². The third-order valence-corrected chi connectivity index (χ3v) is 3.35. The average molecular weight is 294 g/mol. The summed E-state index contributed by atoms with van der Waals surface area (Å²) in [7, 11) is -3.48. The van der Waals surface area contributed by atoms with Gasteiger partial charge in [-0.05, 0) is 12.8 Å². The maximum Gasteiger partial charge on any atom is 0.474 e. The van der Waals surface area contributed by atoms with Gasteiger partial charge in [-0.2, -0.15) is 0 Å². The number of hydrogen-bond acceptors (Lipinski definition) is 6. The van der Waals surface area contributed by atoms with Crippen molar-refractivity contribution in [2.24, 2.45) is 0 Å². The first kappa shape index (κ1) is 18.3. The largest absolute Gasteiger partial charge is 0.474 e. The fourth-order valence-electron chi connectivity index (χ4n) is 0.985. The molecule has 112 valence electrons. The van der Waals surface area contributed by atoms with Gasteiger partial charge in [-0.25, -0.2) is 9.36 Å². The maximum absolute atomic E-state index is 12.1. The first-order chi connectivity index (χ1) is 9.08. The zero-order valence-corrected chi connectivity index (χ0v) is 12.5. The Labute approximate surface area is 114 Å². The van der Waals surface area contributed by atoms with E-state index in [9.17, 15) is 9.36 Å². The fourth-order valence-corrected chi connectivity index (χ4v) is 2.37. The number of hydrogen-bond donors (Lipinski definition) is 0. The van der Waals surface area contributed by atoms with Gasteiger partial charge in [0.2, 0.25) is 0 Å². The molecular weight excluding hydrogens is 271 g/mol. The van der Waals surface area contributed by atoms with Gasteiger partial charge < -0.3 is 4.74 Å². The Morgan fingerprint density at radius 3 is 2.05 bits per heavy atom. The van der Waals surface area contributed by atoms with Crippen molar-refractivity contribution >= 4 is 13.8 Å². The molecule has 0 radical (unpaired) electrons. The Kier molecular flexibility index (Phi) is 10.8. The van der Waals surface area contributed by atoms with Gasteiger partial charge in [0.05, 0.1) is 26.4 Å². The van der Waals surface area contributed by atoms with E-state index < -0.39 is 13.8 Å². The topological polar surface area (TPSA) is 71.1 Å². The molecule has 0 bridgehead atoms. The lowest BCUT2D eigenvalue weighted by Crippen LogP contribution is -2.07. The van der Waals surface area contributed by atoms with Gasteiger partial charge in [0.1, 0.15) is 0 Å². The second-order valence-electron chi connectivity index (χ2n) is 3.67. The van der Waals surface area contributed by atoms with Gasteiger partial charge in [-0.1, -0.05) is 20.4 Å². The summed E-state index contributed by atoms with van der Waals surface area (Å²) in [5.74, 6) is -0.493. The lowest BCUT2D eigenvalue weighted by atomic mass is 10.5. The SMILES string of the molecule is C=CC(=O)OCCCOP(=O)(OCCC)OCCC. The Bertz CT molecular complexity index is 293. The summed E-state index contributed by atoms with van der Waals surface area (Å²) < 4.78 is 32.2. The van der Waals surface area contributed by atoms with Crippen LogP contribution in [-0.4, -0.2) is 32.4 Å². The monoisotopic (exact) mass is 294 g/mol. The lowest BCUT2D eigenvalue weighted by Gasteiger charge is -2.17. The zero-order chi connectivity index (χ0) is 14.6. The van der Waals surface area contributed by atoms with Gasteiger partial charge >= 0.3 is 13.8 Å². The molecule has 0 saturated carbocycles. The number of rotatable bonds is 12. The van der Waals surface area contributed by atoms with Gasteiger partial charge in [0, 0.05) is 12.5 Å². The number of ether oxygens (including phenoxy) is 1. The molecule has 0 aliphatic heterocycles. The van der Waals surface area contributed by atoms with Gasteiger partial charge in [-0.15, -0.1) is 0 Å². The van der Waals surface area contributed by atoms with E-state index in [1.54, 1.807) is 0 Å². The Morgan fingerprint density at radius 2 is 1.58 bits per heavy atom. The van der Waals surface area contributed by atoms with Crippen LogP contribution in [0.15, 0.2) is 12.7 Å². The Hall–Kier alpha value is -0.680. The predicted octanol–water partition coefficient (Wildman–Crippen LogP) is 3.08. The van der Waals surface area contributed by atoms with Crippen molar-refractivity contribution in [2.75, 3.05) is 26.4 Å². The molecule has 0 aromatic rings. The average Bonchev–Trinajstić information content (AvgIpc) is 2.42. The van der Waals surface area contributed by atoms with E-state index in [-0.39, 0.29) is 13.2 Å². The minimum Gasteiger partial charge on any atom is -0.462 e. The number of carbonyl (C=O) groups excluding carboxylic acids is 1. The lowest BCUT2D eigenvalue weighted by molar-refractivity contribution is -0.137. The quantitative estimate of drug-likeness (QED) is 0.238. The third kappa shape index (κ3) is 9.85. The minimum atomic E-state index is -3.48. The van der Waals surface area contributed by atoms with E-state index in [2.05, 4.69) is 6.58 Å². The van der Waals surface area contributed by atoms with Crippen molar-refractivity contribution in [3.8, 4) is 0 Å². The van der Waals surface area contributed by atoms with Crippen LogP contribution < -0.4 is 0 Å². The second kappa shape index (κ2) is 11.2. The molecule has 0 heterocycles. The molecule has 0 saturated heterocycles. The van der Waals surface area contributed by atoms with E-state index in [0.29, 0.717) is 19.6 Å². The highest BCUT2D eigenvalue weighted by Gasteiger charge is 2.25. The van der Waals surface area contributed by atoms with Crippen molar-refractivity contribution in [2.45, 2.75) is 33.1 Å². The Balaban J connectivity index is 3.94. The summed E-state index contributed by atoms with van der Waals surface area (Å²) in [4.78, 5) is 10.8. The van der Waals surface area contributed by atoms with Crippen LogP contribution in [0.25, 0.3) is 0 Å². The van der Waals surface area contributed by atoms with Crippen molar-refractivity contribution in [1.82, 2.24) is 0 Å². The number of carbonyl (C=O) groups is 1. The highest BCUT2D eigenvalue weighted by atomic mass is 31.2. The van der Waals surface area contributed by atoms with E-state index in [1.807, 2.05) is 13.8 Å². The summed E-state index contributed by atoms with van der Waals surface area (Å²) >= 11 is 0. The molecule has 0 amide bonds. The first-order valence-corrected chi connectivity index (χ1v) is 7.86. The van der Waals surface area contributed by atoms with Gasteiger partial charge in [-0.3, -0.25) is 13.6 Å². The van der Waals surface area contributed by atoms with Crippen LogP contribution in [0.2, 0.25) is 0 Å². The summed E-state index contributed by atoms with van der Waals surface area (Å²) in [5.41, 5.74) is 0. The molecule has 19 heavy (non-hydrogen) atoms. The molecule has 0 rings (SSSR count). The summed E-state index contributed by atoms with van der Waals surface area (Å²) in [6.07, 6.45) is 2.94. The highest BCUT2D eigenvalue weighted by Crippen LogP contribution is 2.49. The Morgan fingerprint density at radius 1 is 1.05 bits per heavy atom. The van der Waals surface area contributed by atoms with Crippen LogP contribution in [0.1, 0.15) is 33.1 Å². The summed E-state index contributed by atoms with van der Waals surface area (Å²) in [6.45, 7) is 8.01. The predicted molar refractivity (Wildman–Crippen MR) is 71.8 cm³/mol. The van der Waals surface area contributed by atoms with Gasteiger partial charge in [0.15, 0.2) is 0 Å². The standard InChI is InChI=1S/C12H23O6P/c1-4-8-16-19(14,17-9-5-2)18-11-7-10-15-12(13)6-3/h6H,3-5,7-11H2,1-2H3. The summed E-state index contributed by atoms with van der Waals surface area (Å²) in [5, 5.41) is 0. The third-order valence-electron chi connectivity index (χ3n) is 1.86. The number of phosphoric acid groups is 1. The van der Waals surface area contributed by atoms with Crippen LogP contribution in [0.3, 0.4) is 0 Å². The molecule has 0 aromatic heterocycles. The minimum absolute atomic E-state index is 0.134. The molecular formula is C12H23O6P. The van der Waals surface area contributed by atoms with Crippen LogP contribution in [0.5, 0.6) is 0 Å². The van der Waals surface area contributed by atoms with Crippen molar-refractivity contribution in [3.63, 3.8) is 0 Å². The molecule has 0 atom stereocenters. The number of phosphoric ester groups is 1. The number of esters is 1.